The lowest BCUT2D eigenvalue weighted by Crippen LogP contribution is -2.46. The number of aliphatic hydroxyl groups is 2. The molecule has 0 aliphatic carbocycles. The predicted octanol–water partition coefficient (Wildman–Crippen LogP) is 16.4. The minimum absolute atomic E-state index is 0.0449. The first-order valence-electron chi connectivity index (χ1n) is 27.1. The van der Waals surface area contributed by atoms with E-state index in [4.69, 9.17) is 4.74 Å². The zero-order valence-electron chi connectivity index (χ0n) is 41.7. The van der Waals surface area contributed by atoms with Crippen LogP contribution in [0.25, 0.3) is 0 Å². The summed E-state index contributed by atoms with van der Waals surface area (Å²) in [5.74, 6) is -0.528. The number of amides is 1. The molecule has 366 valence electrons. The van der Waals surface area contributed by atoms with Crippen LogP contribution in [0.3, 0.4) is 0 Å². The first-order valence-corrected chi connectivity index (χ1v) is 27.1. The van der Waals surface area contributed by atoms with E-state index in [1.54, 1.807) is 0 Å². The van der Waals surface area contributed by atoms with Gasteiger partial charge in [-0.2, -0.15) is 0 Å². The van der Waals surface area contributed by atoms with Crippen molar-refractivity contribution < 1.29 is 24.5 Å². The summed E-state index contributed by atoms with van der Waals surface area (Å²) >= 11 is 0. The summed E-state index contributed by atoms with van der Waals surface area (Å²) in [6, 6.07) is -0.719. The molecule has 0 radical (unpaired) electrons. The average molecular weight is 882 g/mol. The quantitative estimate of drug-likeness (QED) is 0.0245. The lowest BCUT2D eigenvalue weighted by Gasteiger charge is -2.24. The monoisotopic (exact) mass is 882 g/mol. The lowest BCUT2D eigenvalue weighted by atomic mass is 10.0. The molecule has 0 aromatic rings. The molecule has 6 heteroatoms. The van der Waals surface area contributed by atoms with Crippen molar-refractivity contribution in [2.75, 3.05) is 6.61 Å². The van der Waals surface area contributed by atoms with Crippen molar-refractivity contribution >= 4 is 11.9 Å². The smallest absolute Gasteiger partial charge is 0.306 e. The minimum Gasteiger partial charge on any atom is -0.462 e. The molecule has 6 nitrogen and oxygen atoms in total. The minimum atomic E-state index is -0.803. The standard InChI is InChI=1S/C57H103NO5/c1-4-7-10-13-16-19-22-25-27-28-29-31-34-37-40-43-46-49-55(60)54(52-59)58-56(61)51-53(48-45-42-39-36-33-30-24-21-18-15-12-9-6-3)63-57(62)50-47-44-41-38-35-32-26-23-20-17-14-11-8-5-2/h9,12,15,18,21,24,30,32-33,35,53-55,59-60H,4-8,10-11,13-14,16-17,19-20,22-23,25-29,31,34,36-52H2,1-3H3,(H,58,61)/b12-9+,18-15+,24-21+,33-30-,35-32-. The maximum Gasteiger partial charge on any atom is 0.306 e. The normalized spacial score (nSPS) is 13.7. The highest BCUT2D eigenvalue weighted by atomic mass is 16.5. The number of aliphatic hydroxyl groups excluding tert-OH is 2. The Kier molecular flexibility index (Phi) is 48.6. The fourth-order valence-corrected chi connectivity index (χ4v) is 8.08. The van der Waals surface area contributed by atoms with Crippen molar-refractivity contribution in [2.24, 2.45) is 0 Å². The van der Waals surface area contributed by atoms with Gasteiger partial charge in [0.25, 0.3) is 0 Å². The van der Waals surface area contributed by atoms with E-state index in [0.29, 0.717) is 19.3 Å². The number of rotatable bonds is 48. The van der Waals surface area contributed by atoms with Gasteiger partial charge in [0.15, 0.2) is 0 Å². The van der Waals surface area contributed by atoms with E-state index in [9.17, 15) is 19.8 Å². The van der Waals surface area contributed by atoms with Gasteiger partial charge in [0.05, 0.1) is 25.2 Å². The van der Waals surface area contributed by atoms with E-state index in [2.05, 4.69) is 62.5 Å². The number of hydrogen-bond acceptors (Lipinski definition) is 5. The molecular formula is C57H103NO5. The Bertz CT molecular complexity index is 1130. The number of ether oxygens (including phenoxy) is 1. The molecule has 63 heavy (non-hydrogen) atoms. The van der Waals surface area contributed by atoms with Gasteiger partial charge in [-0.15, -0.1) is 0 Å². The number of carbonyl (C=O) groups excluding carboxylic acids is 2. The van der Waals surface area contributed by atoms with Crippen LogP contribution < -0.4 is 5.32 Å². The predicted molar refractivity (Wildman–Crippen MR) is 273 cm³/mol. The van der Waals surface area contributed by atoms with Crippen LogP contribution in [-0.4, -0.2) is 46.9 Å². The van der Waals surface area contributed by atoms with Crippen molar-refractivity contribution in [2.45, 2.75) is 283 Å². The van der Waals surface area contributed by atoms with Crippen LogP contribution in [0.1, 0.15) is 265 Å². The fraction of sp³-hybridized carbons (Fsp3) is 0.789. The number of hydrogen-bond donors (Lipinski definition) is 3. The Hall–Kier alpha value is -2.44. The van der Waals surface area contributed by atoms with E-state index in [-0.39, 0.29) is 24.9 Å². The molecule has 0 saturated carbocycles. The van der Waals surface area contributed by atoms with Crippen molar-refractivity contribution in [3.63, 3.8) is 0 Å². The molecule has 1 amide bonds. The Balaban J connectivity index is 4.58. The van der Waals surface area contributed by atoms with Gasteiger partial charge >= 0.3 is 5.97 Å². The summed E-state index contributed by atoms with van der Waals surface area (Å²) in [6.07, 6.45) is 62.9. The summed E-state index contributed by atoms with van der Waals surface area (Å²) in [4.78, 5) is 26.2. The van der Waals surface area contributed by atoms with E-state index in [1.807, 2.05) is 24.3 Å². The number of nitrogens with one attached hydrogen (secondary N) is 1. The zero-order chi connectivity index (χ0) is 45.9. The van der Waals surface area contributed by atoms with Crippen LogP contribution in [0.4, 0.5) is 0 Å². The Labute approximate surface area is 390 Å². The van der Waals surface area contributed by atoms with Crippen LogP contribution >= 0.6 is 0 Å². The molecule has 0 bridgehead atoms. The molecule has 0 saturated heterocycles. The molecule has 0 aliphatic rings. The average Bonchev–Trinajstić information content (AvgIpc) is 3.28. The highest BCUT2D eigenvalue weighted by Gasteiger charge is 2.24. The van der Waals surface area contributed by atoms with Crippen LogP contribution in [-0.2, 0) is 14.3 Å². The summed E-state index contributed by atoms with van der Waals surface area (Å²) in [7, 11) is 0. The highest BCUT2D eigenvalue weighted by molar-refractivity contribution is 5.77. The summed E-state index contributed by atoms with van der Waals surface area (Å²) in [5.41, 5.74) is 0. The van der Waals surface area contributed by atoms with Crippen molar-refractivity contribution in [1.29, 1.82) is 0 Å². The molecule has 0 aliphatic heterocycles. The molecule has 0 rings (SSSR count). The Morgan fingerprint density at radius 2 is 0.873 bits per heavy atom. The van der Waals surface area contributed by atoms with Gasteiger partial charge in [-0.05, 0) is 70.6 Å². The van der Waals surface area contributed by atoms with Gasteiger partial charge in [0, 0.05) is 6.42 Å². The van der Waals surface area contributed by atoms with Crippen LogP contribution in [0.15, 0.2) is 60.8 Å². The fourth-order valence-electron chi connectivity index (χ4n) is 8.08. The van der Waals surface area contributed by atoms with Gasteiger partial charge in [0.1, 0.15) is 6.10 Å². The molecule has 0 fully saturated rings. The first-order chi connectivity index (χ1) is 31.0. The number of esters is 1. The second kappa shape index (κ2) is 50.6. The highest BCUT2D eigenvalue weighted by Crippen LogP contribution is 2.18. The van der Waals surface area contributed by atoms with Crippen LogP contribution in [0, 0.1) is 0 Å². The van der Waals surface area contributed by atoms with Gasteiger partial charge in [-0.1, -0.05) is 242 Å². The van der Waals surface area contributed by atoms with E-state index in [0.717, 1.165) is 83.5 Å². The third-order valence-corrected chi connectivity index (χ3v) is 12.2. The second-order valence-electron chi connectivity index (χ2n) is 18.3. The Morgan fingerprint density at radius 1 is 0.476 bits per heavy atom. The SMILES string of the molecule is CC/C=C/C=C/C=C/C=C\CCCCCC(CC(=O)NC(CO)C(O)CCCCCCCCCCCCCCCCCCC)OC(=O)CCCCC/C=C\CCCCCCCCC. The summed E-state index contributed by atoms with van der Waals surface area (Å²) < 4.78 is 5.91. The maximum atomic E-state index is 13.2. The van der Waals surface area contributed by atoms with Crippen molar-refractivity contribution in [3.8, 4) is 0 Å². The molecule has 3 N–H and O–H groups in total. The van der Waals surface area contributed by atoms with E-state index in [1.165, 1.54) is 135 Å². The van der Waals surface area contributed by atoms with E-state index >= 15 is 0 Å². The maximum absolute atomic E-state index is 13.2. The van der Waals surface area contributed by atoms with E-state index < -0.39 is 18.2 Å². The molecule has 0 spiro atoms. The van der Waals surface area contributed by atoms with Gasteiger partial charge in [-0.25, -0.2) is 0 Å². The molecular weight excluding hydrogens is 779 g/mol. The summed E-state index contributed by atoms with van der Waals surface area (Å²) in [6.45, 7) is 6.34. The third-order valence-electron chi connectivity index (χ3n) is 12.2. The van der Waals surface area contributed by atoms with Gasteiger partial charge < -0.3 is 20.3 Å². The largest absolute Gasteiger partial charge is 0.462 e. The molecule has 3 unspecified atom stereocenters. The van der Waals surface area contributed by atoms with Crippen molar-refractivity contribution in [1.82, 2.24) is 5.32 Å². The first kappa shape index (κ1) is 60.6. The molecule has 3 atom stereocenters. The van der Waals surface area contributed by atoms with Gasteiger partial charge in [-0.3, -0.25) is 9.59 Å². The van der Waals surface area contributed by atoms with Gasteiger partial charge in [0.2, 0.25) is 5.91 Å². The van der Waals surface area contributed by atoms with Crippen molar-refractivity contribution in [3.05, 3.63) is 60.8 Å². The second-order valence-corrected chi connectivity index (χ2v) is 18.3. The Morgan fingerprint density at radius 3 is 1.37 bits per heavy atom. The molecule has 0 heterocycles. The number of allylic oxidation sites excluding steroid dienone is 10. The molecule has 0 aromatic carbocycles. The third kappa shape index (κ3) is 45.9. The van der Waals surface area contributed by atoms with Crippen LogP contribution in [0.5, 0.6) is 0 Å². The topological polar surface area (TPSA) is 95.9 Å². The van der Waals surface area contributed by atoms with Crippen LogP contribution in [0.2, 0.25) is 0 Å². The number of unbranched alkanes of at least 4 members (excludes halogenated alkanes) is 29. The number of carbonyl (C=O) groups is 2. The molecule has 0 aromatic heterocycles. The summed E-state index contributed by atoms with van der Waals surface area (Å²) in [5, 5.41) is 23.8. The zero-order valence-corrected chi connectivity index (χ0v) is 41.7. The lowest BCUT2D eigenvalue weighted by molar-refractivity contribution is -0.151.